The van der Waals surface area contributed by atoms with Crippen LogP contribution in [0.15, 0.2) is 36.5 Å². The smallest absolute Gasteiger partial charge is 0.356 e. The Kier molecular flexibility index (Phi) is 3.08. The molecule has 3 aromatic rings. The Hall–Kier alpha value is -2.11. The minimum atomic E-state index is -1.14. The van der Waals surface area contributed by atoms with E-state index in [1.54, 1.807) is 30.3 Å². The first-order valence-electron chi connectivity index (χ1n) is 5.60. The van der Waals surface area contributed by atoms with Crippen molar-refractivity contribution in [3.05, 3.63) is 52.3 Å². The molecule has 0 radical (unpaired) electrons. The van der Waals surface area contributed by atoms with Gasteiger partial charge in [-0.3, -0.25) is 0 Å². The lowest BCUT2D eigenvalue weighted by atomic mass is 10.1. The number of halogens is 2. The standard InChI is InChI=1S/C13H7Cl2N3O2/c14-7-3-4-9(15)8(6-7)11-12(13(19)20)18-10(17-11)2-1-5-16-18/h1-6H,(H,19,20). The molecule has 0 fully saturated rings. The number of aromatic carboxylic acids is 1. The SMILES string of the molecule is O=C(O)c1c(-c2cc(Cl)ccc2Cl)nc2cccnn12. The maximum Gasteiger partial charge on any atom is 0.356 e. The third-order valence-electron chi connectivity index (χ3n) is 2.78. The summed E-state index contributed by atoms with van der Waals surface area (Å²) in [6, 6.07) is 8.15. The van der Waals surface area contributed by atoms with E-state index in [9.17, 15) is 9.90 Å². The van der Waals surface area contributed by atoms with E-state index in [-0.39, 0.29) is 11.4 Å². The number of imidazole rings is 1. The highest BCUT2D eigenvalue weighted by Crippen LogP contribution is 2.32. The number of carboxylic acid groups (broad SMARTS) is 1. The highest BCUT2D eigenvalue weighted by molar-refractivity contribution is 6.35. The molecule has 1 aromatic carbocycles. The molecule has 20 heavy (non-hydrogen) atoms. The van der Waals surface area contributed by atoms with E-state index in [1.807, 2.05) is 0 Å². The summed E-state index contributed by atoms with van der Waals surface area (Å²) in [5, 5.41) is 14.2. The molecule has 0 aliphatic rings. The van der Waals surface area contributed by atoms with Gasteiger partial charge in [-0.2, -0.15) is 5.10 Å². The number of benzene rings is 1. The van der Waals surface area contributed by atoms with E-state index in [0.29, 0.717) is 21.3 Å². The maximum absolute atomic E-state index is 11.5. The Morgan fingerprint density at radius 1 is 1.25 bits per heavy atom. The number of carbonyl (C=O) groups is 1. The van der Waals surface area contributed by atoms with Crippen LogP contribution in [0, 0.1) is 0 Å². The summed E-state index contributed by atoms with van der Waals surface area (Å²) in [6.45, 7) is 0. The minimum Gasteiger partial charge on any atom is -0.476 e. The lowest BCUT2D eigenvalue weighted by molar-refractivity contribution is 0.0689. The first-order chi connectivity index (χ1) is 9.58. The summed E-state index contributed by atoms with van der Waals surface area (Å²) in [7, 11) is 0. The highest BCUT2D eigenvalue weighted by atomic mass is 35.5. The largest absolute Gasteiger partial charge is 0.476 e. The van der Waals surface area contributed by atoms with E-state index in [2.05, 4.69) is 10.1 Å². The van der Waals surface area contributed by atoms with E-state index in [0.717, 1.165) is 0 Å². The van der Waals surface area contributed by atoms with E-state index in [1.165, 1.54) is 10.7 Å². The number of nitrogens with zero attached hydrogens (tertiary/aromatic N) is 3. The maximum atomic E-state index is 11.5. The molecular formula is C13H7Cl2N3O2. The van der Waals surface area contributed by atoms with Crippen molar-refractivity contribution in [1.29, 1.82) is 0 Å². The second-order valence-electron chi connectivity index (χ2n) is 4.03. The summed E-state index contributed by atoms with van der Waals surface area (Å²) in [5.41, 5.74) is 1.08. The normalized spacial score (nSPS) is 10.9. The van der Waals surface area contributed by atoms with Crippen LogP contribution in [0.5, 0.6) is 0 Å². The fraction of sp³-hybridized carbons (Fsp3) is 0. The molecule has 0 bridgehead atoms. The van der Waals surface area contributed by atoms with Gasteiger partial charge in [0.1, 0.15) is 5.69 Å². The Balaban J connectivity index is 2.38. The van der Waals surface area contributed by atoms with Gasteiger partial charge in [0, 0.05) is 16.8 Å². The van der Waals surface area contributed by atoms with E-state index in [4.69, 9.17) is 23.2 Å². The molecule has 0 atom stereocenters. The zero-order valence-electron chi connectivity index (χ0n) is 9.92. The molecular weight excluding hydrogens is 301 g/mol. The van der Waals surface area contributed by atoms with Crippen LogP contribution in [-0.2, 0) is 0 Å². The number of carboxylic acids is 1. The van der Waals surface area contributed by atoms with Gasteiger partial charge in [0.25, 0.3) is 0 Å². The molecule has 0 saturated carbocycles. The Morgan fingerprint density at radius 2 is 2.05 bits per heavy atom. The van der Waals surface area contributed by atoms with Crippen molar-refractivity contribution in [3.8, 4) is 11.3 Å². The van der Waals surface area contributed by atoms with Crippen LogP contribution in [0.3, 0.4) is 0 Å². The quantitative estimate of drug-likeness (QED) is 0.788. The van der Waals surface area contributed by atoms with Crippen LogP contribution in [0.25, 0.3) is 16.9 Å². The second-order valence-corrected chi connectivity index (χ2v) is 4.88. The van der Waals surface area contributed by atoms with Crippen molar-refractivity contribution in [2.45, 2.75) is 0 Å². The van der Waals surface area contributed by atoms with Crippen molar-refractivity contribution in [2.24, 2.45) is 0 Å². The van der Waals surface area contributed by atoms with Crippen molar-refractivity contribution in [3.63, 3.8) is 0 Å². The molecule has 7 heteroatoms. The van der Waals surface area contributed by atoms with Crippen molar-refractivity contribution >= 4 is 34.8 Å². The third-order valence-corrected chi connectivity index (χ3v) is 3.34. The first-order valence-corrected chi connectivity index (χ1v) is 6.36. The van der Waals surface area contributed by atoms with Gasteiger partial charge in [-0.15, -0.1) is 0 Å². The Labute approximate surface area is 123 Å². The number of rotatable bonds is 2. The predicted octanol–water partition coefficient (Wildman–Crippen LogP) is 3.40. The van der Waals surface area contributed by atoms with E-state index < -0.39 is 5.97 Å². The highest BCUT2D eigenvalue weighted by Gasteiger charge is 2.22. The zero-order valence-corrected chi connectivity index (χ0v) is 11.4. The number of aromatic nitrogens is 3. The fourth-order valence-electron chi connectivity index (χ4n) is 1.95. The second kappa shape index (κ2) is 4.77. The average Bonchev–Trinajstić information content (AvgIpc) is 2.80. The summed E-state index contributed by atoms with van der Waals surface area (Å²) < 4.78 is 1.26. The molecule has 0 amide bonds. The molecule has 100 valence electrons. The molecule has 0 aliphatic carbocycles. The van der Waals surface area contributed by atoms with Crippen molar-refractivity contribution < 1.29 is 9.90 Å². The van der Waals surface area contributed by atoms with Gasteiger partial charge in [-0.1, -0.05) is 23.2 Å². The predicted molar refractivity (Wildman–Crippen MR) is 75.4 cm³/mol. The molecule has 1 N–H and O–H groups in total. The van der Waals surface area contributed by atoms with Gasteiger partial charge in [0.05, 0.1) is 5.02 Å². The van der Waals surface area contributed by atoms with Crippen LogP contribution < -0.4 is 0 Å². The molecule has 0 saturated heterocycles. The van der Waals surface area contributed by atoms with Gasteiger partial charge in [0.2, 0.25) is 0 Å². The third kappa shape index (κ3) is 2.01. The number of hydrogen-bond donors (Lipinski definition) is 1. The molecule has 2 aromatic heterocycles. The van der Waals surface area contributed by atoms with Crippen LogP contribution in [0.2, 0.25) is 10.0 Å². The minimum absolute atomic E-state index is 0.0511. The number of hydrogen-bond acceptors (Lipinski definition) is 3. The fourth-order valence-corrected chi connectivity index (χ4v) is 2.33. The summed E-state index contributed by atoms with van der Waals surface area (Å²) in [6.07, 6.45) is 1.49. The summed E-state index contributed by atoms with van der Waals surface area (Å²) >= 11 is 12.1. The molecule has 5 nitrogen and oxygen atoms in total. The van der Waals surface area contributed by atoms with Crippen LogP contribution >= 0.6 is 23.2 Å². The summed E-state index contributed by atoms with van der Waals surface area (Å²) in [4.78, 5) is 15.8. The van der Waals surface area contributed by atoms with Crippen molar-refractivity contribution in [2.75, 3.05) is 0 Å². The lowest BCUT2D eigenvalue weighted by Gasteiger charge is -2.03. The molecule has 0 unspecified atom stereocenters. The van der Waals surface area contributed by atoms with Crippen molar-refractivity contribution in [1.82, 2.24) is 14.6 Å². The lowest BCUT2D eigenvalue weighted by Crippen LogP contribution is -2.05. The van der Waals surface area contributed by atoms with Gasteiger partial charge in [0.15, 0.2) is 11.3 Å². The average molecular weight is 308 g/mol. The van der Waals surface area contributed by atoms with Gasteiger partial charge in [-0.25, -0.2) is 14.3 Å². The van der Waals surface area contributed by atoms with E-state index >= 15 is 0 Å². The topological polar surface area (TPSA) is 67.5 Å². The molecule has 2 heterocycles. The monoisotopic (exact) mass is 307 g/mol. The summed E-state index contributed by atoms with van der Waals surface area (Å²) in [5.74, 6) is -1.14. The van der Waals surface area contributed by atoms with Gasteiger partial charge < -0.3 is 5.11 Å². The molecule has 0 aliphatic heterocycles. The van der Waals surface area contributed by atoms with Crippen LogP contribution in [-0.4, -0.2) is 25.7 Å². The zero-order chi connectivity index (χ0) is 14.3. The molecule has 0 spiro atoms. The van der Waals surface area contributed by atoms with Crippen LogP contribution in [0.1, 0.15) is 10.5 Å². The number of fused-ring (bicyclic) bond motifs is 1. The Morgan fingerprint density at radius 3 is 2.80 bits per heavy atom. The first kappa shape index (κ1) is 12.9. The Bertz CT molecular complexity index is 830. The van der Waals surface area contributed by atoms with Crippen LogP contribution in [0.4, 0.5) is 0 Å². The van der Waals surface area contributed by atoms with Gasteiger partial charge >= 0.3 is 5.97 Å². The molecule has 3 rings (SSSR count). The van der Waals surface area contributed by atoms with Gasteiger partial charge in [-0.05, 0) is 30.3 Å².